The van der Waals surface area contributed by atoms with Crippen LogP contribution in [0.1, 0.15) is 52.9 Å². The van der Waals surface area contributed by atoms with Crippen LogP contribution in [0.3, 0.4) is 0 Å². The first-order valence-corrected chi connectivity index (χ1v) is 8.09. The second-order valence-corrected chi connectivity index (χ2v) is 7.46. The number of rotatable bonds is 7. The largest absolute Gasteiger partial charge is 0.382 e. The second kappa shape index (κ2) is 8.49. The molecule has 1 rings (SSSR count). The van der Waals surface area contributed by atoms with E-state index in [-0.39, 0.29) is 0 Å². The number of methoxy groups -OCH3 is 1. The highest BCUT2D eigenvalue weighted by atomic mass is 35.5. The topological polar surface area (TPSA) is 18.5 Å². The predicted molar refractivity (Wildman–Crippen MR) is 81.9 cm³/mol. The number of alkyl halides is 1. The van der Waals surface area contributed by atoms with E-state index >= 15 is 0 Å². The molecule has 114 valence electrons. The predicted octanol–water partition coefficient (Wildman–Crippen LogP) is 4.50. The van der Waals surface area contributed by atoms with Crippen molar-refractivity contribution in [1.82, 2.24) is 0 Å². The van der Waals surface area contributed by atoms with Crippen LogP contribution in [0.15, 0.2) is 0 Å². The van der Waals surface area contributed by atoms with Crippen LogP contribution in [0.2, 0.25) is 0 Å². The lowest BCUT2D eigenvalue weighted by Gasteiger charge is -2.40. The number of ether oxygens (including phenoxy) is 2. The zero-order valence-electron chi connectivity index (χ0n) is 13.1. The summed E-state index contributed by atoms with van der Waals surface area (Å²) in [6.07, 6.45) is 6.08. The smallest absolute Gasteiger partial charge is 0.0700 e. The van der Waals surface area contributed by atoms with Crippen LogP contribution in [0.5, 0.6) is 0 Å². The van der Waals surface area contributed by atoms with Gasteiger partial charge < -0.3 is 9.47 Å². The van der Waals surface area contributed by atoms with Crippen molar-refractivity contribution in [2.75, 3.05) is 26.9 Å². The maximum absolute atomic E-state index is 6.50. The molecule has 0 heterocycles. The fourth-order valence-electron chi connectivity index (χ4n) is 3.00. The maximum atomic E-state index is 6.50. The van der Waals surface area contributed by atoms with Crippen LogP contribution in [0, 0.1) is 17.3 Å². The molecule has 1 aliphatic carbocycles. The van der Waals surface area contributed by atoms with Crippen LogP contribution in [-0.2, 0) is 9.47 Å². The summed E-state index contributed by atoms with van der Waals surface area (Å²) in [5.41, 5.74) is 0.421. The molecule has 3 unspecified atom stereocenters. The van der Waals surface area contributed by atoms with Gasteiger partial charge in [-0.15, -0.1) is 11.6 Å². The molecule has 1 fully saturated rings. The molecule has 0 spiro atoms. The Morgan fingerprint density at radius 3 is 2.47 bits per heavy atom. The first-order chi connectivity index (χ1) is 8.95. The monoisotopic (exact) mass is 290 g/mol. The van der Waals surface area contributed by atoms with Crippen LogP contribution in [-0.4, -0.2) is 32.3 Å². The van der Waals surface area contributed by atoms with E-state index in [1.54, 1.807) is 7.11 Å². The molecule has 0 N–H and O–H groups in total. The molecule has 0 aromatic carbocycles. The summed E-state index contributed by atoms with van der Waals surface area (Å²) in [4.78, 5) is 0. The van der Waals surface area contributed by atoms with Gasteiger partial charge in [-0.1, -0.05) is 20.8 Å². The van der Waals surface area contributed by atoms with Gasteiger partial charge in [-0.3, -0.25) is 0 Å². The van der Waals surface area contributed by atoms with Gasteiger partial charge in [0.2, 0.25) is 0 Å². The minimum absolute atomic E-state index is 0.373. The van der Waals surface area contributed by atoms with E-state index in [0.717, 1.165) is 18.9 Å². The number of hydrogen-bond acceptors (Lipinski definition) is 2. The molecule has 0 aromatic rings. The van der Waals surface area contributed by atoms with E-state index in [2.05, 4.69) is 20.8 Å². The Kier molecular flexibility index (Phi) is 7.71. The van der Waals surface area contributed by atoms with Gasteiger partial charge in [0, 0.05) is 19.1 Å². The van der Waals surface area contributed by atoms with Crippen molar-refractivity contribution in [3.63, 3.8) is 0 Å². The summed E-state index contributed by atoms with van der Waals surface area (Å²) < 4.78 is 10.5. The molecular formula is C16H31ClO2. The average Bonchev–Trinajstić information content (AvgIpc) is 2.34. The number of hydrogen-bond donors (Lipinski definition) is 0. The summed E-state index contributed by atoms with van der Waals surface area (Å²) in [6, 6.07) is 0. The Labute approximate surface area is 124 Å². The van der Waals surface area contributed by atoms with Gasteiger partial charge in [-0.05, 0) is 49.4 Å². The lowest BCUT2D eigenvalue weighted by molar-refractivity contribution is 0.0641. The molecule has 0 bridgehead atoms. The van der Waals surface area contributed by atoms with Crippen molar-refractivity contribution in [3.05, 3.63) is 0 Å². The van der Waals surface area contributed by atoms with E-state index in [1.165, 1.54) is 25.7 Å². The Morgan fingerprint density at radius 2 is 1.84 bits per heavy atom. The fourth-order valence-corrected chi connectivity index (χ4v) is 3.36. The van der Waals surface area contributed by atoms with Gasteiger partial charge in [0.1, 0.15) is 0 Å². The highest BCUT2D eigenvalue weighted by Crippen LogP contribution is 2.43. The first-order valence-electron chi connectivity index (χ1n) is 7.66. The Morgan fingerprint density at radius 1 is 1.11 bits per heavy atom. The van der Waals surface area contributed by atoms with Crippen LogP contribution in [0.25, 0.3) is 0 Å². The SMILES string of the molecule is COCCOCCCC1CC(C(C)(C)C)CCC1Cl. The van der Waals surface area contributed by atoms with Crippen molar-refractivity contribution < 1.29 is 9.47 Å². The van der Waals surface area contributed by atoms with Crippen LogP contribution in [0.4, 0.5) is 0 Å². The number of halogens is 1. The van der Waals surface area contributed by atoms with E-state index < -0.39 is 0 Å². The van der Waals surface area contributed by atoms with Gasteiger partial charge in [0.25, 0.3) is 0 Å². The highest BCUT2D eigenvalue weighted by molar-refractivity contribution is 6.20. The average molecular weight is 291 g/mol. The molecule has 1 aliphatic rings. The summed E-state index contributed by atoms with van der Waals surface area (Å²) in [5, 5.41) is 0.373. The molecule has 19 heavy (non-hydrogen) atoms. The van der Waals surface area contributed by atoms with Gasteiger partial charge in [-0.2, -0.15) is 0 Å². The minimum atomic E-state index is 0.373. The third-order valence-electron chi connectivity index (χ3n) is 4.41. The molecule has 3 heteroatoms. The van der Waals surface area contributed by atoms with Gasteiger partial charge in [0.15, 0.2) is 0 Å². The van der Waals surface area contributed by atoms with E-state index in [0.29, 0.717) is 29.9 Å². The van der Waals surface area contributed by atoms with Crippen molar-refractivity contribution >= 4 is 11.6 Å². The third-order valence-corrected chi connectivity index (χ3v) is 4.98. The lowest BCUT2D eigenvalue weighted by atomic mass is 9.68. The highest BCUT2D eigenvalue weighted by Gasteiger charge is 2.34. The molecule has 0 amide bonds. The molecular weight excluding hydrogens is 260 g/mol. The normalized spacial score (nSPS) is 28.6. The standard InChI is InChI=1S/C16H31ClO2/c1-16(2,3)14-7-8-15(17)13(12-14)6-5-9-19-11-10-18-4/h13-15H,5-12H2,1-4H3. The van der Waals surface area contributed by atoms with Gasteiger partial charge >= 0.3 is 0 Å². The van der Waals surface area contributed by atoms with Crippen molar-refractivity contribution in [2.45, 2.75) is 58.3 Å². The van der Waals surface area contributed by atoms with Gasteiger partial charge in [0.05, 0.1) is 13.2 Å². The zero-order valence-corrected chi connectivity index (χ0v) is 13.8. The van der Waals surface area contributed by atoms with Crippen molar-refractivity contribution in [1.29, 1.82) is 0 Å². The molecule has 1 saturated carbocycles. The van der Waals surface area contributed by atoms with E-state index in [1.807, 2.05) is 0 Å². The summed E-state index contributed by atoms with van der Waals surface area (Å²) >= 11 is 6.50. The fraction of sp³-hybridized carbons (Fsp3) is 1.00. The van der Waals surface area contributed by atoms with Crippen molar-refractivity contribution in [2.24, 2.45) is 17.3 Å². The minimum Gasteiger partial charge on any atom is -0.382 e. The third kappa shape index (κ3) is 6.46. The molecule has 0 radical (unpaired) electrons. The molecule has 3 atom stereocenters. The second-order valence-electron chi connectivity index (χ2n) is 6.90. The van der Waals surface area contributed by atoms with E-state index in [9.17, 15) is 0 Å². The van der Waals surface area contributed by atoms with Crippen molar-refractivity contribution in [3.8, 4) is 0 Å². The molecule has 0 aliphatic heterocycles. The summed E-state index contributed by atoms with van der Waals surface area (Å²) in [7, 11) is 1.70. The van der Waals surface area contributed by atoms with Crippen LogP contribution < -0.4 is 0 Å². The van der Waals surface area contributed by atoms with E-state index in [4.69, 9.17) is 21.1 Å². The first kappa shape index (κ1) is 17.3. The zero-order chi connectivity index (χ0) is 14.3. The summed E-state index contributed by atoms with van der Waals surface area (Å²) in [5.74, 6) is 1.49. The quantitative estimate of drug-likeness (QED) is 0.508. The maximum Gasteiger partial charge on any atom is 0.0700 e. The lowest BCUT2D eigenvalue weighted by Crippen LogP contribution is -2.32. The molecule has 0 saturated heterocycles. The Hall–Kier alpha value is 0.210. The Bertz CT molecular complexity index is 237. The summed E-state index contributed by atoms with van der Waals surface area (Å²) in [6.45, 7) is 9.30. The van der Waals surface area contributed by atoms with Crippen LogP contribution >= 0.6 is 11.6 Å². The Balaban J connectivity index is 2.23. The molecule has 0 aromatic heterocycles. The molecule has 2 nitrogen and oxygen atoms in total. The van der Waals surface area contributed by atoms with Gasteiger partial charge in [-0.25, -0.2) is 0 Å².